The van der Waals surface area contributed by atoms with Crippen LogP contribution in [0.3, 0.4) is 0 Å². The summed E-state index contributed by atoms with van der Waals surface area (Å²) >= 11 is 0. The molecule has 0 amide bonds. The summed E-state index contributed by atoms with van der Waals surface area (Å²) in [6.45, 7) is 8.27. The molecule has 0 atom stereocenters. The van der Waals surface area contributed by atoms with Crippen molar-refractivity contribution in [3.63, 3.8) is 0 Å². The monoisotopic (exact) mass is 825 g/mol. The van der Waals surface area contributed by atoms with Gasteiger partial charge in [-0.1, -0.05) is 176 Å². The number of rotatable bonds is 9. The molecule has 0 bridgehead atoms. The summed E-state index contributed by atoms with van der Waals surface area (Å²) in [5.41, 5.74) is 16.0. The van der Waals surface area contributed by atoms with E-state index in [0.29, 0.717) is 34.9 Å². The molecular formula is C57H43N7. The van der Waals surface area contributed by atoms with Gasteiger partial charge in [-0.15, -0.1) is 0 Å². The Balaban J connectivity index is 1.13. The van der Waals surface area contributed by atoms with Gasteiger partial charge in [0.25, 0.3) is 0 Å². The molecule has 0 aliphatic heterocycles. The number of aromatic nitrogens is 7. The van der Waals surface area contributed by atoms with Gasteiger partial charge in [-0.05, 0) is 78.8 Å². The number of benzene rings is 7. The normalized spacial score (nSPS) is 11.1. The van der Waals surface area contributed by atoms with Crippen molar-refractivity contribution in [2.75, 3.05) is 0 Å². The molecule has 3 heterocycles. The lowest BCUT2D eigenvalue weighted by Gasteiger charge is -2.17. The third kappa shape index (κ3) is 7.98. The van der Waals surface area contributed by atoms with Gasteiger partial charge < -0.3 is 0 Å². The highest BCUT2D eigenvalue weighted by molar-refractivity contribution is 5.93. The van der Waals surface area contributed by atoms with Crippen LogP contribution in [0.25, 0.3) is 102 Å². The van der Waals surface area contributed by atoms with E-state index in [0.717, 1.165) is 89.3 Å². The van der Waals surface area contributed by atoms with Gasteiger partial charge in [-0.25, -0.2) is 29.9 Å². The minimum atomic E-state index is 0.594. The summed E-state index contributed by atoms with van der Waals surface area (Å²) < 4.78 is 0. The molecule has 0 aliphatic carbocycles. The zero-order chi connectivity index (χ0) is 43.6. The molecule has 0 fully saturated rings. The van der Waals surface area contributed by atoms with E-state index in [1.807, 2.05) is 97.9 Å². The van der Waals surface area contributed by atoms with Gasteiger partial charge in [0.15, 0.2) is 34.9 Å². The van der Waals surface area contributed by atoms with Crippen molar-refractivity contribution in [3.8, 4) is 102 Å². The zero-order valence-electron chi connectivity index (χ0n) is 36.0. The molecule has 10 aromatic rings. The van der Waals surface area contributed by atoms with E-state index in [-0.39, 0.29) is 0 Å². The molecule has 7 nitrogen and oxygen atoms in total. The number of pyridine rings is 1. The second kappa shape index (κ2) is 17.2. The zero-order valence-corrected chi connectivity index (χ0v) is 36.0. The summed E-state index contributed by atoms with van der Waals surface area (Å²) in [5.74, 6) is 3.71. The molecule has 0 N–H and O–H groups in total. The van der Waals surface area contributed by atoms with Crippen LogP contribution in [-0.4, -0.2) is 34.9 Å². The number of hydrogen-bond acceptors (Lipinski definition) is 7. The average Bonchev–Trinajstić information content (AvgIpc) is 3.34. The molecule has 0 aliphatic rings. The second-order valence-corrected chi connectivity index (χ2v) is 15.9. The van der Waals surface area contributed by atoms with E-state index in [1.54, 1.807) is 0 Å². The predicted octanol–water partition coefficient (Wildman–Crippen LogP) is 13.7. The molecule has 306 valence electrons. The van der Waals surface area contributed by atoms with Crippen molar-refractivity contribution in [1.29, 1.82) is 0 Å². The predicted molar refractivity (Wildman–Crippen MR) is 259 cm³/mol. The molecular weight excluding hydrogens is 783 g/mol. The highest BCUT2D eigenvalue weighted by Gasteiger charge is 2.20. The van der Waals surface area contributed by atoms with Crippen LogP contribution in [0.2, 0.25) is 0 Å². The SMILES string of the molecule is Cc1ccc(-c2ccc(-c3ccccc3-c3nc(-c4ccccc4)nc(-c4ccccc4)n3)c(-c3ccc(-c4nc(-c5ccccc5C)nc(-c5ccccc5C)n4)cc3)c2)c(C)n1. The fourth-order valence-corrected chi connectivity index (χ4v) is 8.21. The minimum absolute atomic E-state index is 0.594. The van der Waals surface area contributed by atoms with E-state index in [1.165, 1.54) is 0 Å². The molecule has 0 unspecified atom stereocenters. The number of aryl methyl sites for hydroxylation is 4. The van der Waals surface area contributed by atoms with E-state index >= 15 is 0 Å². The first kappa shape index (κ1) is 39.8. The summed E-state index contributed by atoms with van der Waals surface area (Å²) in [4.78, 5) is 35.3. The first-order chi connectivity index (χ1) is 31.4. The second-order valence-electron chi connectivity index (χ2n) is 15.9. The van der Waals surface area contributed by atoms with E-state index in [4.69, 9.17) is 34.9 Å². The lowest BCUT2D eigenvalue weighted by Crippen LogP contribution is -2.02. The molecule has 3 aromatic heterocycles. The molecule has 0 spiro atoms. The molecule has 0 saturated carbocycles. The van der Waals surface area contributed by atoms with Crippen LogP contribution in [0.5, 0.6) is 0 Å². The van der Waals surface area contributed by atoms with E-state index < -0.39 is 0 Å². The molecule has 0 saturated heterocycles. The van der Waals surface area contributed by atoms with Crippen LogP contribution in [0.15, 0.2) is 188 Å². The lowest BCUT2D eigenvalue weighted by atomic mass is 9.88. The Labute approximate surface area is 373 Å². The van der Waals surface area contributed by atoms with Crippen molar-refractivity contribution >= 4 is 0 Å². The van der Waals surface area contributed by atoms with Crippen molar-refractivity contribution in [3.05, 3.63) is 211 Å². The van der Waals surface area contributed by atoms with Crippen LogP contribution in [0, 0.1) is 27.7 Å². The molecule has 7 heteroatoms. The number of nitrogens with zero attached hydrogens (tertiary/aromatic N) is 7. The Bertz CT molecular complexity index is 3190. The van der Waals surface area contributed by atoms with Crippen LogP contribution >= 0.6 is 0 Å². The third-order valence-electron chi connectivity index (χ3n) is 11.6. The van der Waals surface area contributed by atoms with Crippen LogP contribution < -0.4 is 0 Å². The van der Waals surface area contributed by atoms with Crippen molar-refractivity contribution in [2.24, 2.45) is 0 Å². The standard InChI is InChI=1S/C57H43N7/c1-36-17-11-13-23-45(36)55-60-54(61-56(64-55)46-24-14-12-18-37(46)2)43-30-28-40(29-31-43)51-35-44(47-33-27-38(3)58-39(47)4)32-34-49(51)48-25-15-16-26-50(48)57-62-52(41-19-7-5-8-20-41)59-53(63-57)42-21-9-6-10-22-42/h5-35H,1-4H3. The van der Waals surface area contributed by atoms with E-state index in [2.05, 4.69) is 118 Å². The quantitative estimate of drug-likeness (QED) is 0.143. The first-order valence-electron chi connectivity index (χ1n) is 21.4. The Morgan fingerprint density at radius 3 is 1.14 bits per heavy atom. The first-order valence-corrected chi connectivity index (χ1v) is 21.4. The highest BCUT2D eigenvalue weighted by Crippen LogP contribution is 2.41. The molecule has 64 heavy (non-hydrogen) atoms. The van der Waals surface area contributed by atoms with Crippen molar-refractivity contribution < 1.29 is 0 Å². The van der Waals surface area contributed by atoms with Crippen molar-refractivity contribution in [1.82, 2.24) is 34.9 Å². The Morgan fingerprint density at radius 1 is 0.234 bits per heavy atom. The maximum atomic E-state index is 5.14. The van der Waals surface area contributed by atoms with E-state index in [9.17, 15) is 0 Å². The Hall–Kier alpha value is -8.29. The average molecular weight is 826 g/mol. The van der Waals surface area contributed by atoms with Gasteiger partial charge in [-0.3, -0.25) is 4.98 Å². The Kier molecular flexibility index (Phi) is 10.7. The topological polar surface area (TPSA) is 90.2 Å². The summed E-state index contributed by atoms with van der Waals surface area (Å²) in [7, 11) is 0. The summed E-state index contributed by atoms with van der Waals surface area (Å²) in [6, 6.07) is 64.4. The molecule has 0 radical (unpaired) electrons. The maximum absolute atomic E-state index is 5.14. The van der Waals surface area contributed by atoms with Crippen LogP contribution in [-0.2, 0) is 0 Å². The van der Waals surface area contributed by atoms with Gasteiger partial charge >= 0.3 is 0 Å². The molecule has 10 rings (SSSR count). The minimum Gasteiger partial charge on any atom is -0.258 e. The largest absolute Gasteiger partial charge is 0.258 e. The number of hydrogen-bond donors (Lipinski definition) is 0. The van der Waals surface area contributed by atoms with Crippen LogP contribution in [0.1, 0.15) is 22.5 Å². The van der Waals surface area contributed by atoms with Crippen LogP contribution in [0.4, 0.5) is 0 Å². The summed E-state index contributed by atoms with van der Waals surface area (Å²) in [5, 5.41) is 0. The third-order valence-corrected chi connectivity index (χ3v) is 11.6. The maximum Gasteiger partial charge on any atom is 0.164 e. The fraction of sp³-hybridized carbons (Fsp3) is 0.0702. The van der Waals surface area contributed by atoms with Gasteiger partial charge in [0.2, 0.25) is 0 Å². The van der Waals surface area contributed by atoms with Gasteiger partial charge in [-0.2, -0.15) is 0 Å². The fourth-order valence-electron chi connectivity index (χ4n) is 8.21. The van der Waals surface area contributed by atoms with Gasteiger partial charge in [0, 0.05) is 50.3 Å². The van der Waals surface area contributed by atoms with Crippen molar-refractivity contribution in [2.45, 2.75) is 27.7 Å². The summed E-state index contributed by atoms with van der Waals surface area (Å²) in [6.07, 6.45) is 0. The smallest absolute Gasteiger partial charge is 0.164 e. The van der Waals surface area contributed by atoms with Gasteiger partial charge in [0.05, 0.1) is 0 Å². The molecule has 7 aromatic carbocycles. The highest BCUT2D eigenvalue weighted by atomic mass is 15.0. The Morgan fingerprint density at radius 2 is 0.609 bits per heavy atom. The van der Waals surface area contributed by atoms with Gasteiger partial charge in [0.1, 0.15) is 0 Å². The lowest BCUT2D eigenvalue weighted by molar-refractivity contribution is 1.07.